The lowest BCUT2D eigenvalue weighted by molar-refractivity contribution is -0.128. The summed E-state index contributed by atoms with van der Waals surface area (Å²) in [5.74, 6) is 0.421. The Morgan fingerprint density at radius 1 is 1.17 bits per heavy atom. The van der Waals surface area contributed by atoms with Crippen molar-refractivity contribution < 1.29 is 14.3 Å². The molecule has 0 unspecified atom stereocenters. The fraction of sp³-hybridized carbons (Fsp3) is 0.286. The molecule has 0 aromatic heterocycles. The van der Waals surface area contributed by atoms with Crippen molar-refractivity contribution in [3.63, 3.8) is 0 Å². The van der Waals surface area contributed by atoms with E-state index in [1.807, 2.05) is 13.8 Å². The Balaban J connectivity index is 1.65. The van der Waals surface area contributed by atoms with Gasteiger partial charge in [-0.05, 0) is 62.4 Å². The number of benzene rings is 2. The molecule has 0 radical (unpaired) electrons. The SMILES string of the molecule is CCOc1ccc(NC(=O)C[C@H]2SC(=Nc3ccc(Cl)cc3)N(CC)C2=O)cc1. The quantitative estimate of drug-likeness (QED) is 0.688. The minimum atomic E-state index is -0.497. The number of aliphatic imine (C=N–C) groups is 1. The first-order chi connectivity index (χ1) is 14.0. The van der Waals surface area contributed by atoms with Crippen molar-refractivity contribution in [3.05, 3.63) is 53.6 Å². The number of rotatable bonds is 7. The number of amidine groups is 1. The zero-order valence-electron chi connectivity index (χ0n) is 16.2. The molecule has 2 amide bonds. The highest BCUT2D eigenvalue weighted by Crippen LogP contribution is 2.32. The summed E-state index contributed by atoms with van der Waals surface area (Å²) >= 11 is 7.22. The molecule has 1 N–H and O–H groups in total. The maximum atomic E-state index is 12.7. The fourth-order valence-electron chi connectivity index (χ4n) is 2.82. The molecule has 1 aliphatic rings. The lowest BCUT2D eigenvalue weighted by Crippen LogP contribution is -2.33. The number of hydrogen-bond acceptors (Lipinski definition) is 5. The van der Waals surface area contributed by atoms with E-state index < -0.39 is 5.25 Å². The summed E-state index contributed by atoms with van der Waals surface area (Å²) in [5.41, 5.74) is 1.37. The topological polar surface area (TPSA) is 71.0 Å². The molecule has 2 aromatic rings. The van der Waals surface area contributed by atoms with Gasteiger partial charge in [0, 0.05) is 23.7 Å². The van der Waals surface area contributed by atoms with E-state index >= 15 is 0 Å². The second-order valence-corrected chi connectivity index (χ2v) is 7.88. The Labute approximate surface area is 179 Å². The van der Waals surface area contributed by atoms with Gasteiger partial charge in [0.2, 0.25) is 11.8 Å². The second kappa shape index (κ2) is 9.80. The largest absolute Gasteiger partial charge is 0.494 e. The number of amides is 2. The molecule has 29 heavy (non-hydrogen) atoms. The third kappa shape index (κ3) is 5.52. The normalized spacial score (nSPS) is 17.6. The van der Waals surface area contributed by atoms with E-state index in [9.17, 15) is 9.59 Å². The van der Waals surface area contributed by atoms with Crippen LogP contribution in [-0.4, -0.2) is 40.3 Å². The highest BCUT2D eigenvalue weighted by atomic mass is 35.5. The van der Waals surface area contributed by atoms with Crippen LogP contribution in [0.3, 0.4) is 0 Å². The van der Waals surface area contributed by atoms with E-state index in [0.717, 1.165) is 5.75 Å². The highest BCUT2D eigenvalue weighted by molar-refractivity contribution is 8.15. The van der Waals surface area contributed by atoms with Crippen LogP contribution in [0.5, 0.6) is 5.75 Å². The molecule has 152 valence electrons. The number of nitrogens with one attached hydrogen (secondary N) is 1. The first-order valence-electron chi connectivity index (χ1n) is 9.35. The molecule has 3 rings (SSSR count). The van der Waals surface area contributed by atoms with Gasteiger partial charge in [0.1, 0.15) is 11.0 Å². The molecule has 1 heterocycles. The number of halogens is 1. The van der Waals surface area contributed by atoms with E-state index in [1.165, 1.54) is 11.8 Å². The summed E-state index contributed by atoms with van der Waals surface area (Å²) in [7, 11) is 0. The lowest BCUT2D eigenvalue weighted by atomic mass is 10.2. The van der Waals surface area contributed by atoms with Crippen molar-refractivity contribution >= 4 is 51.7 Å². The monoisotopic (exact) mass is 431 g/mol. The van der Waals surface area contributed by atoms with Crippen LogP contribution in [0.2, 0.25) is 5.02 Å². The molecule has 0 saturated carbocycles. The first-order valence-corrected chi connectivity index (χ1v) is 10.6. The zero-order chi connectivity index (χ0) is 20.8. The van der Waals surface area contributed by atoms with Crippen molar-refractivity contribution in [2.75, 3.05) is 18.5 Å². The van der Waals surface area contributed by atoms with Gasteiger partial charge in [-0.25, -0.2) is 4.99 Å². The molecule has 1 fully saturated rings. The van der Waals surface area contributed by atoms with Gasteiger partial charge < -0.3 is 10.1 Å². The number of ether oxygens (including phenoxy) is 1. The third-order valence-corrected chi connectivity index (χ3v) is 5.63. The standard InChI is InChI=1S/C21H22ClN3O3S/c1-3-25-20(27)18(29-21(25)24-16-7-5-14(22)6-8-16)13-19(26)23-15-9-11-17(12-10-15)28-4-2/h5-12,18H,3-4,13H2,1-2H3,(H,23,26)/t18-/m1/s1. The molecule has 6 nitrogen and oxygen atoms in total. The minimum absolute atomic E-state index is 0.0762. The van der Waals surface area contributed by atoms with Crippen LogP contribution in [0.4, 0.5) is 11.4 Å². The van der Waals surface area contributed by atoms with Crippen LogP contribution in [0.15, 0.2) is 53.5 Å². The number of nitrogens with zero attached hydrogens (tertiary/aromatic N) is 2. The van der Waals surface area contributed by atoms with Crippen LogP contribution in [-0.2, 0) is 9.59 Å². The van der Waals surface area contributed by atoms with Gasteiger partial charge in [-0.15, -0.1) is 0 Å². The molecule has 0 aliphatic carbocycles. The van der Waals surface area contributed by atoms with Crippen molar-refractivity contribution in [3.8, 4) is 5.75 Å². The Kier molecular flexibility index (Phi) is 7.17. The van der Waals surface area contributed by atoms with E-state index in [0.29, 0.717) is 34.7 Å². The van der Waals surface area contributed by atoms with Gasteiger partial charge in [0.15, 0.2) is 5.17 Å². The molecule has 2 aromatic carbocycles. The van der Waals surface area contributed by atoms with Crippen LogP contribution < -0.4 is 10.1 Å². The Bertz CT molecular complexity index is 900. The second-order valence-electron chi connectivity index (χ2n) is 6.27. The van der Waals surface area contributed by atoms with Crippen molar-refractivity contribution in [2.45, 2.75) is 25.5 Å². The van der Waals surface area contributed by atoms with Gasteiger partial charge >= 0.3 is 0 Å². The lowest BCUT2D eigenvalue weighted by Gasteiger charge is -2.13. The Morgan fingerprint density at radius 3 is 2.48 bits per heavy atom. The summed E-state index contributed by atoms with van der Waals surface area (Å²) in [4.78, 5) is 31.3. The van der Waals surface area contributed by atoms with Gasteiger partial charge in [-0.1, -0.05) is 23.4 Å². The molecule has 1 atom stereocenters. The van der Waals surface area contributed by atoms with E-state index in [1.54, 1.807) is 53.4 Å². The fourth-order valence-corrected chi connectivity index (χ4v) is 4.17. The maximum absolute atomic E-state index is 12.7. The van der Waals surface area contributed by atoms with Gasteiger partial charge in [-0.3, -0.25) is 14.5 Å². The van der Waals surface area contributed by atoms with E-state index in [2.05, 4.69) is 10.3 Å². The summed E-state index contributed by atoms with van der Waals surface area (Å²) in [5, 5.41) is 3.55. The minimum Gasteiger partial charge on any atom is -0.494 e. The molecule has 1 aliphatic heterocycles. The average Bonchev–Trinajstić information content (AvgIpc) is 2.99. The third-order valence-electron chi connectivity index (χ3n) is 4.21. The molecular weight excluding hydrogens is 410 g/mol. The van der Waals surface area contributed by atoms with Crippen LogP contribution in [0.25, 0.3) is 0 Å². The first kappa shape index (κ1) is 21.2. The number of hydrogen-bond donors (Lipinski definition) is 1. The van der Waals surface area contributed by atoms with Crippen molar-refractivity contribution in [1.29, 1.82) is 0 Å². The maximum Gasteiger partial charge on any atom is 0.242 e. The highest BCUT2D eigenvalue weighted by Gasteiger charge is 2.38. The molecular formula is C21H22ClN3O3S. The smallest absolute Gasteiger partial charge is 0.242 e. The number of thioether (sulfide) groups is 1. The molecule has 1 saturated heterocycles. The van der Waals surface area contributed by atoms with Crippen LogP contribution in [0.1, 0.15) is 20.3 Å². The van der Waals surface area contributed by atoms with Gasteiger partial charge in [-0.2, -0.15) is 0 Å². The van der Waals surface area contributed by atoms with Crippen molar-refractivity contribution in [1.82, 2.24) is 4.90 Å². The zero-order valence-corrected chi connectivity index (χ0v) is 17.8. The van der Waals surface area contributed by atoms with E-state index in [4.69, 9.17) is 16.3 Å². The summed E-state index contributed by atoms with van der Waals surface area (Å²) in [6.45, 7) is 4.88. The molecule has 0 spiro atoms. The average molecular weight is 432 g/mol. The number of carbonyl (C=O) groups excluding carboxylic acids is 2. The van der Waals surface area contributed by atoms with Gasteiger partial charge in [0.25, 0.3) is 0 Å². The predicted molar refractivity (Wildman–Crippen MR) is 118 cm³/mol. The predicted octanol–water partition coefficient (Wildman–Crippen LogP) is 4.72. The summed E-state index contributed by atoms with van der Waals surface area (Å²) < 4.78 is 5.39. The molecule has 0 bridgehead atoms. The van der Waals surface area contributed by atoms with Crippen LogP contribution in [0, 0.1) is 0 Å². The Hall–Kier alpha value is -2.51. The van der Waals surface area contributed by atoms with E-state index in [-0.39, 0.29) is 18.2 Å². The van der Waals surface area contributed by atoms with Gasteiger partial charge in [0.05, 0.1) is 12.3 Å². The summed E-state index contributed by atoms with van der Waals surface area (Å²) in [6, 6.07) is 14.2. The van der Waals surface area contributed by atoms with Crippen molar-refractivity contribution in [2.24, 2.45) is 4.99 Å². The van der Waals surface area contributed by atoms with Crippen LogP contribution >= 0.6 is 23.4 Å². The summed E-state index contributed by atoms with van der Waals surface area (Å²) in [6.07, 6.45) is 0.0762. The number of anilines is 1. The Morgan fingerprint density at radius 2 is 1.86 bits per heavy atom. The molecule has 8 heteroatoms. The number of carbonyl (C=O) groups is 2.